The molecule has 6 heteroatoms. The molecule has 156 valence electrons. The van der Waals surface area contributed by atoms with Gasteiger partial charge in [-0.15, -0.1) is 0 Å². The monoisotopic (exact) mass is 407 g/mol. The fraction of sp³-hybridized carbons (Fsp3) is 0.292. The van der Waals surface area contributed by atoms with Gasteiger partial charge in [0.1, 0.15) is 11.5 Å². The lowest BCUT2D eigenvalue weighted by molar-refractivity contribution is -0.119. The van der Waals surface area contributed by atoms with Crippen LogP contribution in [0.2, 0.25) is 0 Å². The average Bonchev–Trinajstić information content (AvgIpc) is 3.11. The van der Waals surface area contributed by atoms with Crippen molar-refractivity contribution >= 4 is 29.0 Å². The Morgan fingerprint density at radius 3 is 2.00 bits per heavy atom. The van der Waals surface area contributed by atoms with Gasteiger partial charge in [0.25, 0.3) is 11.8 Å². The zero-order valence-corrected chi connectivity index (χ0v) is 18.0. The Labute approximate surface area is 175 Å². The van der Waals surface area contributed by atoms with Gasteiger partial charge >= 0.3 is 5.97 Å². The van der Waals surface area contributed by atoms with E-state index in [0.717, 1.165) is 27.4 Å². The fourth-order valence-electron chi connectivity index (χ4n) is 3.86. The van der Waals surface area contributed by atoms with Crippen LogP contribution in [0.1, 0.15) is 55.1 Å². The van der Waals surface area contributed by atoms with Crippen molar-refractivity contribution in [1.29, 1.82) is 0 Å². The summed E-state index contributed by atoms with van der Waals surface area (Å²) in [6.07, 6.45) is 0. The third kappa shape index (κ3) is 3.49. The van der Waals surface area contributed by atoms with Crippen LogP contribution in [0.15, 0.2) is 51.5 Å². The van der Waals surface area contributed by atoms with Crippen LogP contribution in [0.5, 0.6) is 0 Å². The first-order valence-electron chi connectivity index (χ1n) is 9.76. The smallest absolute Gasteiger partial charge is 0.335 e. The van der Waals surface area contributed by atoms with Crippen LogP contribution >= 0.6 is 0 Å². The second kappa shape index (κ2) is 7.78. The van der Waals surface area contributed by atoms with Gasteiger partial charge < -0.3 is 9.52 Å². The number of carbonyl (C=O) groups is 3. The maximum absolute atomic E-state index is 13.6. The Hall–Kier alpha value is -3.41. The molecule has 0 atom stereocenters. The van der Waals surface area contributed by atoms with Gasteiger partial charge in [-0.05, 0) is 69.5 Å². The molecule has 1 N–H and O–H groups in total. The molecule has 0 radical (unpaired) electrons. The zero-order valence-electron chi connectivity index (χ0n) is 18.0. The second-order valence-electron chi connectivity index (χ2n) is 7.94. The summed E-state index contributed by atoms with van der Waals surface area (Å²) in [5.41, 5.74) is 3.51. The lowest BCUT2D eigenvalue weighted by Gasteiger charge is -2.16. The van der Waals surface area contributed by atoms with E-state index >= 15 is 0 Å². The molecule has 0 aliphatic carbocycles. The molecule has 1 aliphatic heterocycles. The molecule has 2 heterocycles. The highest BCUT2D eigenvalue weighted by atomic mass is 16.4. The highest BCUT2D eigenvalue weighted by Crippen LogP contribution is 2.41. The molecule has 3 rings (SSSR count). The van der Waals surface area contributed by atoms with Gasteiger partial charge in [-0.25, -0.2) is 9.69 Å². The summed E-state index contributed by atoms with van der Waals surface area (Å²) in [5.74, 6) is -0.496. The van der Waals surface area contributed by atoms with Crippen LogP contribution in [0.4, 0.5) is 5.69 Å². The van der Waals surface area contributed by atoms with Crippen molar-refractivity contribution < 1.29 is 23.9 Å². The number of aryl methyl sites for hydroxylation is 2. The molecule has 1 aliphatic rings. The predicted molar refractivity (Wildman–Crippen MR) is 114 cm³/mol. The Morgan fingerprint density at radius 2 is 1.57 bits per heavy atom. The molecule has 6 nitrogen and oxygen atoms in total. The van der Waals surface area contributed by atoms with Gasteiger partial charge in [-0.3, -0.25) is 9.59 Å². The highest BCUT2D eigenvalue weighted by molar-refractivity contribution is 6.39. The van der Waals surface area contributed by atoms with E-state index in [4.69, 9.17) is 9.52 Å². The number of carboxylic acids is 1. The molecule has 1 aromatic carbocycles. The molecular formula is C24H25NO5. The van der Waals surface area contributed by atoms with Gasteiger partial charge in [0, 0.05) is 5.56 Å². The van der Waals surface area contributed by atoms with Crippen molar-refractivity contribution in [2.75, 3.05) is 4.90 Å². The van der Waals surface area contributed by atoms with E-state index < -0.39 is 17.8 Å². The molecule has 2 amide bonds. The third-order valence-electron chi connectivity index (χ3n) is 5.13. The minimum absolute atomic E-state index is 0.0314. The van der Waals surface area contributed by atoms with E-state index in [0.29, 0.717) is 22.6 Å². The first-order valence-corrected chi connectivity index (χ1v) is 9.76. The molecule has 0 bridgehead atoms. The van der Waals surface area contributed by atoms with E-state index in [-0.39, 0.29) is 11.5 Å². The number of hydrogen-bond donors (Lipinski definition) is 1. The number of carboxylic acid groups (broad SMARTS) is 1. The maximum atomic E-state index is 13.6. The first-order chi connectivity index (χ1) is 14.0. The minimum Gasteiger partial charge on any atom is -0.478 e. The molecule has 0 unspecified atom stereocenters. The van der Waals surface area contributed by atoms with E-state index in [1.807, 2.05) is 47.6 Å². The molecule has 1 fully saturated rings. The van der Waals surface area contributed by atoms with Crippen molar-refractivity contribution in [2.24, 2.45) is 5.92 Å². The SMILES string of the molecule is CC(C)=C1C(=O)N(c2ccc(C(=O)O)cc2)C(=O)C1=C(c1cc(C)oc1C)C(C)C. The lowest BCUT2D eigenvalue weighted by atomic mass is 9.87. The number of allylic oxidation sites excluding steroid dienone is 2. The molecule has 1 aromatic heterocycles. The quantitative estimate of drug-likeness (QED) is 0.574. The minimum atomic E-state index is -1.07. The van der Waals surface area contributed by atoms with Gasteiger partial charge in [0.15, 0.2) is 0 Å². The molecule has 0 saturated carbocycles. The fourth-order valence-corrected chi connectivity index (χ4v) is 3.86. The Morgan fingerprint density at radius 1 is 1.00 bits per heavy atom. The van der Waals surface area contributed by atoms with Crippen LogP contribution in [-0.4, -0.2) is 22.9 Å². The van der Waals surface area contributed by atoms with Gasteiger partial charge in [-0.1, -0.05) is 19.4 Å². The van der Waals surface area contributed by atoms with E-state index in [1.54, 1.807) is 0 Å². The number of anilines is 1. The van der Waals surface area contributed by atoms with Crippen molar-refractivity contribution in [3.05, 3.63) is 69.7 Å². The summed E-state index contributed by atoms with van der Waals surface area (Å²) in [6.45, 7) is 11.3. The van der Waals surface area contributed by atoms with Crippen molar-refractivity contribution in [1.82, 2.24) is 0 Å². The van der Waals surface area contributed by atoms with Gasteiger partial charge in [0.2, 0.25) is 0 Å². The van der Waals surface area contributed by atoms with Crippen molar-refractivity contribution in [2.45, 2.75) is 41.5 Å². The number of aromatic carboxylic acids is 1. The molecule has 1 saturated heterocycles. The molecular weight excluding hydrogens is 382 g/mol. The average molecular weight is 407 g/mol. The number of benzene rings is 1. The van der Waals surface area contributed by atoms with E-state index in [9.17, 15) is 14.4 Å². The number of rotatable bonds is 4. The second-order valence-corrected chi connectivity index (χ2v) is 7.94. The Bertz CT molecular complexity index is 1110. The number of hydrogen-bond acceptors (Lipinski definition) is 4. The van der Waals surface area contributed by atoms with E-state index in [1.165, 1.54) is 24.3 Å². The van der Waals surface area contributed by atoms with Crippen LogP contribution in [0.25, 0.3) is 5.57 Å². The largest absolute Gasteiger partial charge is 0.478 e. The summed E-state index contributed by atoms with van der Waals surface area (Å²) in [6, 6.07) is 7.62. The maximum Gasteiger partial charge on any atom is 0.335 e. The van der Waals surface area contributed by atoms with Crippen molar-refractivity contribution in [3.8, 4) is 0 Å². The molecule has 30 heavy (non-hydrogen) atoms. The number of furan rings is 1. The van der Waals surface area contributed by atoms with Crippen LogP contribution < -0.4 is 4.90 Å². The van der Waals surface area contributed by atoms with Gasteiger partial charge in [0.05, 0.1) is 22.4 Å². The molecule has 0 spiro atoms. The number of nitrogens with zero attached hydrogens (tertiary/aromatic N) is 1. The standard InChI is InChI=1S/C24H25NO5/c1-12(2)19(18-11-14(5)30-15(18)6)21-20(13(3)4)22(26)25(23(21)27)17-9-7-16(8-10-17)24(28)29/h7-12H,1-6H3,(H,28,29). The van der Waals surface area contributed by atoms with Crippen molar-refractivity contribution in [3.63, 3.8) is 0 Å². The van der Waals surface area contributed by atoms with Crippen LogP contribution in [0, 0.1) is 19.8 Å². The molecule has 2 aromatic rings. The Balaban J connectivity index is 2.26. The number of carbonyl (C=O) groups excluding carboxylic acids is 2. The third-order valence-corrected chi connectivity index (χ3v) is 5.13. The van der Waals surface area contributed by atoms with Gasteiger partial charge in [-0.2, -0.15) is 0 Å². The normalized spacial score (nSPS) is 16.0. The summed E-state index contributed by atoms with van der Waals surface area (Å²) in [4.78, 5) is 39.1. The van der Waals surface area contributed by atoms with Crippen LogP contribution in [0.3, 0.4) is 0 Å². The number of imide groups is 1. The van der Waals surface area contributed by atoms with Crippen LogP contribution in [-0.2, 0) is 9.59 Å². The first kappa shape index (κ1) is 21.3. The lowest BCUT2D eigenvalue weighted by Crippen LogP contribution is -2.29. The predicted octanol–water partition coefficient (Wildman–Crippen LogP) is 4.91. The topological polar surface area (TPSA) is 87.8 Å². The zero-order chi connectivity index (χ0) is 22.3. The Kier molecular flexibility index (Phi) is 5.53. The number of amides is 2. The summed E-state index contributed by atoms with van der Waals surface area (Å²) in [7, 11) is 0. The summed E-state index contributed by atoms with van der Waals surface area (Å²) < 4.78 is 5.69. The summed E-state index contributed by atoms with van der Waals surface area (Å²) in [5, 5.41) is 9.12. The summed E-state index contributed by atoms with van der Waals surface area (Å²) >= 11 is 0. The highest BCUT2D eigenvalue weighted by Gasteiger charge is 2.43. The van der Waals surface area contributed by atoms with E-state index in [2.05, 4.69) is 0 Å².